The van der Waals surface area contributed by atoms with Crippen LogP contribution in [0.1, 0.15) is 30.3 Å². The highest BCUT2D eigenvalue weighted by Gasteiger charge is 2.34. The van der Waals surface area contributed by atoms with Gasteiger partial charge in [0.25, 0.3) is 0 Å². The summed E-state index contributed by atoms with van der Waals surface area (Å²) in [6, 6.07) is 7.12. The van der Waals surface area contributed by atoms with E-state index in [4.69, 9.17) is 9.47 Å². The molecule has 2 amide bonds. The Morgan fingerprint density at radius 2 is 1.91 bits per heavy atom. The van der Waals surface area contributed by atoms with Crippen molar-refractivity contribution in [3.05, 3.63) is 35.7 Å². The second-order valence-electron chi connectivity index (χ2n) is 8.28. The molecule has 2 aliphatic heterocycles. The van der Waals surface area contributed by atoms with Crippen molar-refractivity contribution in [2.75, 3.05) is 46.5 Å². The number of aryl methyl sites for hydroxylation is 1. The molecule has 2 aromatic rings. The smallest absolute Gasteiger partial charge is 0.247 e. The number of tetrazole rings is 1. The number of rotatable bonds is 6. The molecule has 0 aliphatic carbocycles. The molecule has 1 aromatic heterocycles. The number of piperidine rings is 1. The van der Waals surface area contributed by atoms with Crippen LogP contribution >= 0.6 is 0 Å². The number of hydrogen-bond acceptors (Lipinski definition) is 7. The first-order chi connectivity index (χ1) is 15.6. The summed E-state index contributed by atoms with van der Waals surface area (Å²) >= 11 is 0. The second kappa shape index (κ2) is 10.1. The van der Waals surface area contributed by atoms with Crippen molar-refractivity contribution >= 4 is 11.8 Å². The van der Waals surface area contributed by atoms with Crippen LogP contribution in [0.25, 0.3) is 0 Å². The van der Waals surface area contributed by atoms with Gasteiger partial charge in [-0.2, -0.15) is 0 Å². The van der Waals surface area contributed by atoms with Gasteiger partial charge in [0.1, 0.15) is 17.6 Å². The minimum absolute atomic E-state index is 0.0273. The van der Waals surface area contributed by atoms with E-state index in [-0.39, 0.29) is 17.7 Å². The lowest BCUT2D eigenvalue weighted by Crippen LogP contribution is -2.49. The molecule has 1 atom stereocenters. The summed E-state index contributed by atoms with van der Waals surface area (Å²) in [7, 11) is 1.62. The number of aromatic nitrogens is 4. The number of carbonyl (C=O) groups excluding carboxylic acids is 2. The third-order valence-corrected chi connectivity index (χ3v) is 6.28. The van der Waals surface area contributed by atoms with Crippen molar-refractivity contribution in [3.8, 4) is 5.75 Å². The molecule has 1 aromatic carbocycles. The molecular formula is C22H30N6O4. The zero-order valence-electron chi connectivity index (χ0n) is 18.6. The van der Waals surface area contributed by atoms with E-state index < -0.39 is 6.04 Å². The third kappa shape index (κ3) is 4.90. The van der Waals surface area contributed by atoms with Gasteiger partial charge in [0.2, 0.25) is 11.8 Å². The van der Waals surface area contributed by atoms with Gasteiger partial charge in [0.15, 0.2) is 0 Å². The van der Waals surface area contributed by atoms with E-state index in [1.807, 2.05) is 34.1 Å². The molecule has 32 heavy (non-hydrogen) atoms. The van der Waals surface area contributed by atoms with Gasteiger partial charge in [-0.05, 0) is 47.9 Å². The van der Waals surface area contributed by atoms with Gasteiger partial charge in [-0.3, -0.25) is 9.59 Å². The lowest BCUT2D eigenvalue weighted by atomic mass is 9.94. The zero-order chi connectivity index (χ0) is 22.5. The molecule has 0 N–H and O–H groups in total. The molecule has 4 rings (SSSR count). The van der Waals surface area contributed by atoms with E-state index in [1.165, 1.54) is 0 Å². The maximum atomic E-state index is 13.6. The monoisotopic (exact) mass is 442 g/mol. The maximum absolute atomic E-state index is 13.6. The molecule has 2 aliphatic rings. The Kier molecular flexibility index (Phi) is 6.99. The molecule has 2 fully saturated rings. The van der Waals surface area contributed by atoms with Crippen molar-refractivity contribution in [1.29, 1.82) is 0 Å². The summed E-state index contributed by atoms with van der Waals surface area (Å²) in [5.74, 6) is 1.45. The number of carbonyl (C=O) groups is 2. The van der Waals surface area contributed by atoms with Crippen LogP contribution in [-0.2, 0) is 20.7 Å². The van der Waals surface area contributed by atoms with Gasteiger partial charge in [-0.1, -0.05) is 12.1 Å². The fourth-order valence-corrected chi connectivity index (χ4v) is 4.43. The van der Waals surface area contributed by atoms with Crippen LogP contribution < -0.4 is 4.74 Å². The van der Waals surface area contributed by atoms with Crippen LogP contribution in [-0.4, -0.2) is 88.3 Å². The standard InChI is InChI=1S/C22H30N6O4/c1-16-23-24-25-28(16)20(15-17-4-3-5-19(14-17)31-2)22(30)26-8-6-18(7-9-26)21(29)27-10-12-32-13-11-27/h3-5,14,18,20H,6-13,15H2,1-2H3/t20-/m1/s1. The van der Waals surface area contributed by atoms with Crippen LogP contribution in [0.15, 0.2) is 24.3 Å². The van der Waals surface area contributed by atoms with Crippen LogP contribution in [0.3, 0.4) is 0 Å². The summed E-state index contributed by atoms with van der Waals surface area (Å²) in [4.78, 5) is 30.1. The highest BCUT2D eigenvalue weighted by atomic mass is 16.5. The van der Waals surface area contributed by atoms with E-state index in [1.54, 1.807) is 18.7 Å². The summed E-state index contributed by atoms with van der Waals surface area (Å²) < 4.78 is 12.3. The van der Waals surface area contributed by atoms with E-state index in [2.05, 4.69) is 15.5 Å². The van der Waals surface area contributed by atoms with Gasteiger partial charge in [-0.25, -0.2) is 4.68 Å². The highest BCUT2D eigenvalue weighted by molar-refractivity contribution is 5.82. The molecule has 0 unspecified atom stereocenters. The molecule has 10 heteroatoms. The summed E-state index contributed by atoms with van der Waals surface area (Å²) in [5.41, 5.74) is 0.968. The Labute approximate surface area is 187 Å². The Bertz CT molecular complexity index is 934. The van der Waals surface area contributed by atoms with Crippen molar-refractivity contribution in [1.82, 2.24) is 30.0 Å². The summed E-state index contributed by atoms with van der Waals surface area (Å²) in [5, 5.41) is 11.8. The average molecular weight is 443 g/mol. The molecule has 0 bridgehead atoms. The summed E-state index contributed by atoms with van der Waals surface area (Å²) in [6.45, 7) is 5.39. The van der Waals surface area contributed by atoms with Crippen molar-refractivity contribution in [3.63, 3.8) is 0 Å². The molecule has 10 nitrogen and oxygen atoms in total. The molecule has 3 heterocycles. The summed E-state index contributed by atoms with van der Waals surface area (Å²) in [6.07, 6.45) is 1.79. The minimum atomic E-state index is -0.552. The number of morpholine rings is 1. The minimum Gasteiger partial charge on any atom is -0.497 e. The maximum Gasteiger partial charge on any atom is 0.247 e. The predicted molar refractivity (Wildman–Crippen MR) is 115 cm³/mol. The quantitative estimate of drug-likeness (QED) is 0.654. The molecule has 0 spiro atoms. The lowest BCUT2D eigenvalue weighted by Gasteiger charge is -2.36. The van der Waals surface area contributed by atoms with Gasteiger partial charge in [-0.15, -0.1) is 5.10 Å². The number of ether oxygens (including phenoxy) is 2. The molecule has 172 valence electrons. The van der Waals surface area contributed by atoms with E-state index >= 15 is 0 Å². The number of likely N-dealkylation sites (tertiary alicyclic amines) is 1. The Morgan fingerprint density at radius 1 is 1.16 bits per heavy atom. The van der Waals surface area contributed by atoms with Crippen molar-refractivity contribution in [2.45, 2.75) is 32.2 Å². The zero-order valence-corrected chi connectivity index (χ0v) is 18.6. The lowest BCUT2D eigenvalue weighted by molar-refractivity contribution is -0.144. The first-order valence-electron chi connectivity index (χ1n) is 11.1. The van der Waals surface area contributed by atoms with Gasteiger partial charge >= 0.3 is 0 Å². The first kappa shape index (κ1) is 22.2. The first-order valence-corrected chi connectivity index (χ1v) is 11.1. The Hall–Kier alpha value is -3.01. The molecule has 0 saturated carbocycles. The second-order valence-corrected chi connectivity index (χ2v) is 8.28. The topological polar surface area (TPSA) is 103 Å². The average Bonchev–Trinajstić information content (AvgIpc) is 3.28. The molecule has 2 saturated heterocycles. The van der Waals surface area contributed by atoms with Gasteiger partial charge in [0.05, 0.1) is 20.3 Å². The van der Waals surface area contributed by atoms with E-state index in [0.717, 1.165) is 11.3 Å². The highest BCUT2D eigenvalue weighted by Crippen LogP contribution is 2.25. The Morgan fingerprint density at radius 3 is 2.56 bits per heavy atom. The third-order valence-electron chi connectivity index (χ3n) is 6.28. The van der Waals surface area contributed by atoms with Crippen molar-refractivity contribution in [2.24, 2.45) is 5.92 Å². The van der Waals surface area contributed by atoms with Gasteiger partial charge < -0.3 is 19.3 Å². The van der Waals surface area contributed by atoms with Gasteiger partial charge in [0, 0.05) is 38.5 Å². The van der Waals surface area contributed by atoms with Crippen LogP contribution in [0.5, 0.6) is 5.75 Å². The normalized spacial score (nSPS) is 18.4. The van der Waals surface area contributed by atoms with E-state index in [0.29, 0.717) is 64.5 Å². The molecule has 0 radical (unpaired) electrons. The fourth-order valence-electron chi connectivity index (χ4n) is 4.43. The van der Waals surface area contributed by atoms with E-state index in [9.17, 15) is 9.59 Å². The van der Waals surface area contributed by atoms with Crippen LogP contribution in [0, 0.1) is 12.8 Å². The predicted octanol–water partition coefficient (Wildman–Crippen LogP) is 0.871. The van der Waals surface area contributed by atoms with Crippen LogP contribution in [0.2, 0.25) is 0 Å². The Balaban J connectivity index is 1.44. The number of methoxy groups -OCH3 is 1. The largest absolute Gasteiger partial charge is 0.497 e. The SMILES string of the molecule is COc1cccc(C[C@H](C(=O)N2CCC(C(=O)N3CCOCC3)CC2)n2nnnc2C)c1. The number of hydrogen-bond donors (Lipinski definition) is 0. The van der Waals surface area contributed by atoms with Crippen molar-refractivity contribution < 1.29 is 19.1 Å². The number of nitrogens with zero attached hydrogens (tertiary/aromatic N) is 6. The fraction of sp³-hybridized carbons (Fsp3) is 0.591. The number of benzene rings is 1. The molecular weight excluding hydrogens is 412 g/mol. The van der Waals surface area contributed by atoms with Crippen LogP contribution in [0.4, 0.5) is 0 Å². The number of amides is 2.